The summed E-state index contributed by atoms with van der Waals surface area (Å²) in [5.41, 5.74) is 2.20. The summed E-state index contributed by atoms with van der Waals surface area (Å²) in [6.45, 7) is 3.23. The van der Waals surface area contributed by atoms with Gasteiger partial charge in [0.1, 0.15) is 18.5 Å². The van der Waals surface area contributed by atoms with E-state index >= 15 is 0 Å². The van der Waals surface area contributed by atoms with Crippen LogP contribution in [0.3, 0.4) is 0 Å². The van der Waals surface area contributed by atoms with E-state index in [9.17, 15) is 5.11 Å². The number of aliphatic hydroxyl groups is 1. The molecule has 3 nitrogen and oxygen atoms in total. The molecule has 0 aliphatic carbocycles. The molecule has 1 saturated heterocycles. The van der Waals surface area contributed by atoms with Crippen molar-refractivity contribution in [1.29, 1.82) is 0 Å². The topological polar surface area (TPSA) is 32.7 Å². The van der Waals surface area contributed by atoms with E-state index in [1.165, 1.54) is 25.7 Å². The molecule has 0 amide bonds. The summed E-state index contributed by atoms with van der Waals surface area (Å²) < 4.78 is 5.95. The SMILES string of the molecule is OC(COc1ccccc1-c1ccccc1)CN1CCCCCC1. The highest BCUT2D eigenvalue weighted by Gasteiger charge is 2.15. The van der Waals surface area contributed by atoms with Gasteiger partial charge in [0.2, 0.25) is 0 Å². The fourth-order valence-corrected chi connectivity index (χ4v) is 3.30. The van der Waals surface area contributed by atoms with Gasteiger partial charge in [0, 0.05) is 12.1 Å². The number of ether oxygens (including phenoxy) is 1. The van der Waals surface area contributed by atoms with Crippen molar-refractivity contribution < 1.29 is 9.84 Å². The first-order valence-electron chi connectivity index (χ1n) is 9.00. The average Bonchev–Trinajstić information content (AvgIpc) is 2.90. The van der Waals surface area contributed by atoms with Gasteiger partial charge >= 0.3 is 0 Å². The Morgan fingerprint density at radius 2 is 1.54 bits per heavy atom. The number of para-hydroxylation sites is 1. The molecule has 0 spiro atoms. The van der Waals surface area contributed by atoms with Crippen molar-refractivity contribution in [3.63, 3.8) is 0 Å². The molecular weight excluding hydrogens is 298 g/mol. The van der Waals surface area contributed by atoms with Crippen LogP contribution in [0.5, 0.6) is 5.75 Å². The molecule has 0 aromatic heterocycles. The van der Waals surface area contributed by atoms with Crippen molar-refractivity contribution in [2.75, 3.05) is 26.2 Å². The summed E-state index contributed by atoms with van der Waals surface area (Å²) in [5, 5.41) is 10.3. The predicted molar refractivity (Wildman–Crippen MR) is 98.3 cm³/mol. The zero-order valence-corrected chi connectivity index (χ0v) is 14.2. The lowest BCUT2D eigenvalue weighted by molar-refractivity contribution is 0.0696. The van der Waals surface area contributed by atoms with Crippen LogP contribution in [0, 0.1) is 0 Å². The third-order valence-corrected chi connectivity index (χ3v) is 4.57. The number of hydrogen-bond acceptors (Lipinski definition) is 3. The highest BCUT2D eigenvalue weighted by atomic mass is 16.5. The number of likely N-dealkylation sites (tertiary alicyclic amines) is 1. The third kappa shape index (κ3) is 4.83. The minimum Gasteiger partial charge on any atom is -0.490 e. The molecule has 2 aromatic carbocycles. The monoisotopic (exact) mass is 325 g/mol. The molecule has 2 aromatic rings. The number of aliphatic hydroxyl groups excluding tert-OH is 1. The van der Waals surface area contributed by atoms with Crippen LogP contribution in [0.4, 0.5) is 0 Å². The average molecular weight is 325 g/mol. The zero-order valence-electron chi connectivity index (χ0n) is 14.2. The molecule has 1 unspecified atom stereocenters. The molecule has 1 heterocycles. The number of β-amino-alcohol motifs (C(OH)–C–C–N with tert-alkyl or cyclic N) is 1. The molecule has 0 saturated carbocycles. The van der Waals surface area contributed by atoms with Gasteiger partial charge in [-0.25, -0.2) is 0 Å². The van der Waals surface area contributed by atoms with Gasteiger partial charge in [-0.05, 0) is 37.6 Å². The summed E-state index contributed by atoms with van der Waals surface area (Å²) in [5.74, 6) is 0.832. The molecule has 3 rings (SSSR count). The van der Waals surface area contributed by atoms with Gasteiger partial charge in [-0.2, -0.15) is 0 Å². The van der Waals surface area contributed by atoms with Crippen LogP contribution in [-0.4, -0.2) is 42.4 Å². The summed E-state index contributed by atoms with van der Waals surface area (Å²) >= 11 is 0. The highest BCUT2D eigenvalue weighted by Crippen LogP contribution is 2.29. The van der Waals surface area contributed by atoms with E-state index in [0.717, 1.165) is 30.0 Å². The number of nitrogens with zero attached hydrogens (tertiary/aromatic N) is 1. The second-order valence-corrected chi connectivity index (χ2v) is 6.54. The molecular formula is C21H27NO2. The minimum absolute atomic E-state index is 0.334. The molecule has 128 valence electrons. The van der Waals surface area contributed by atoms with Crippen molar-refractivity contribution in [3.05, 3.63) is 54.6 Å². The maximum absolute atomic E-state index is 10.3. The summed E-state index contributed by atoms with van der Waals surface area (Å²) in [4.78, 5) is 2.37. The van der Waals surface area contributed by atoms with Gasteiger partial charge in [-0.3, -0.25) is 0 Å². The van der Waals surface area contributed by atoms with E-state index in [0.29, 0.717) is 13.2 Å². The molecule has 0 bridgehead atoms. The van der Waals surface area contributed by atoms with E-state index < -0.39 is 6.10 Å². The number of rotatable bonds is 6. The zero-order chi connectivity index (χ0) is 16.6. The van der Waals surface area contributed by atoms with Crippen molar-refractivity contribution in [2.24, 2.45) is 0 Å². The Labute approximate surface area is 144 Å². The van der Waals surface area contributed by atoms with Gasteiger partial charge in [0.15, 0.2) is 0 Å². The van der Waals surface area contributed by atoms with Crippen LogP contribution < -0.4 is 4.74 Å². The predicted octanol–water partition coefficient (Wildman–Crippen LogP) is 3.97. The Morgan fingerprint density at radius 3 is 2.29 bits per heavy atom. The largest absolute Gasteiger partial charge is 0.490 e. The van der Waals surface area contributed by atoms with E-state index in [1.807, 2.05) is 36.4 Å². The van der Waals surface area contributed by atoms with E-state index in [2.05, 4.69) is 23.1 Å². The molecule has 1 N–H and O–H groups in total. The summed E-state index contributed by atoms with van der Waals surface area (Å²) in [6.07, 6.45) is 4.66. The Hall–Kier alpha value is -1.84. The maximum Gasteiger partial charge on any atom is 0.127 e. The fraction of sp³-hybridized carbons (Fsp3) is 0.429. The first-order chi connectivity index (χ1) is 11.8. The first kappa shape index (κ1) is 17.0. The smallest absolute Gasteiger partial charge is 0.127 e. The molecule has 1 aliphatic rings. The van der Waals surface area contributed by atoms with Crippen LogP contribution in [0.25, 0.3) is 11.1 Å². The quantitative estimate of drug-likeness (QED) is 0.872. The molecule has 1 atom stereocenters. The summed E-state index contributed by atoms with van der Waals surface area (Å²) in [7, 11) is 0. The molecule has 1 fully saturated rings. The van der Waals surface area contributed by atoms with Gasteiger partial charge in [0.25, 0.3) is 0 Å². The normalized spacial score (nSPS) is 17.2. The van der Waals surface area contributed by atoms with Crippen molar-refractivity contribution in [2.45, 2.75) is 31.8 Å². The van der Waals surface area contributed by atoms with Crippen LogP contribution in [-0.2, 0) is 0 Å². The number of benzene rings is 2. The van der Waals surface area contributed by atoms with Crippen LogP contribution in [0.1, 0.15) is 25.7 Å². The Kier molecular flexibility index (Phi) is 6.27. The highest BCUT2D eigenvalue weighted by molar-refractivity contribution is 5.70. The molecule has 24 heavy (non-hydrogen) atoms. The standard InChI is InChI=1S/C21H27NO2/c23-19(16-22-14-8-1-2-9-15-22)17-24-21-13-7-6-12-20(21)18-10-4-3-5-11-18/h3-7,10-13,19,23H,1-2,8-9,14-17H2. The maximum atomic E-state index is 10.3. The Morgan fingerprint density at radius 1 is 0.875 bits per heavy atom. The van der Waals surface area contributed by atoms with Gasteiger partial charge in [-0.15, -0.1) is 0 Å². The fourth-order valence-electron chi connectivity index (χ4n) is 3.30. The van der Waals surface area contributed by atoms with Crippen LogP contribution >= 0.6 is 0 Å². The van der Waals surface area contributed by atoms with Crippen molar-refractivity contribution >= 4 is 0 Å². The minimum atomic E-state index is -0.452. The third-order valence-electron chi connectivity index (χ3n) is 4.57. The lowest BCUT2D eigenvalue weighted by Crippen LogP contribution is -2.36. The lowest BCUT2D eigenvalue weighted by atomic mass is 10.1. The Bertz CT molecular complexity index is 606. The van der Waals surface area contributed by atoms with Gasteiger partial charge < -0.3 is 14.7 Å². The lowest BCUT2D eigenvalue weighted by Gasteiger charge is -2.23. The molecule has 1 aliphatic heterocycles. The van der Waals surface area contributed by atoms with E-state index in [4.69, 9.17) is 4.74 Å². The molecule has 3 heteroatoms. The van der Waals surface area contributed by atoms with Gasteiger partial charge in [0.05, 0.1) is 0 Å². The Balaban J connectivity index is 1.58. The van der Waals surface area contributed by atoms with Crippen molar-refractivity contribution in [1.82, 2.24) is 4.90 Å². The van der Waals surface area contributed by atoms with Crippen LogP contribution in [0.2, 0.25) is 0 Å². The van der Waals surface area contributed by atoms with Gasteiger partial charge in [-0.1, -0.05) is 61.4 Å². The van der Waals surface area contributed by atoms with E-state index in [1.54, 1.807) is 0 Å². The second-order valence-electron chi connectivity index (χ2n) is 6.54. The number of hydrogen-bond donors (Lipinski definition) is 1. The summed E-state index contributed by atoms with van der Waals surface area (Å²) in [6, 6.07) is 18.3. The second kappa shape index (κ2) is 8.86. The van der Waals surface area contributed by atoms with Crippen molar-refractivity contribution in [3.8, 4) is 16.9 Å². The van der Waals surface area contributed by atoms with Crippen LogP contribution in [0.15, 0.2) is 54.6 Å². The first-order valence-corrected chi connectivity index (χ1v) is 9.00. The molecule has 0 radical (unpaired) electrons. The van der Waals surface area contributed by atoms with E-state index in [-0.39, 0.29) is 0 Å².